The first-order chi connectivity index (χ1) is 20.1. The van der Waals surface area contributed by atoms with Crippen LogP contribution in [0.4, 0.5) is 31.0 Å². The number of rotatable bonds is 7. The van der Waals surface area contributed by atoms with Gasteiger partial charge in [-0.05, 0) is 61.5 Å². The number of aliphatic hydroxyl groups excluding tert-OH is 1. The second-order valence-electron chi connectivity index (χ2n) is 10.5. The highest BCUT2D eigenvalue weighted by atomic mass is 19.1. The number of likely N-dealkylation sites (N-methyl/N-ethyl adjacent to an activating group) is 1. The van der Waals surface area contributed by atoms with E-state index in [0.29, 0.717) is 34.9 Å². The van der Waals surface area contributed by atoms with Gasteiger partial charge in [0.2, 0.25) is 5.91 Å². The molecular formula is C31H36FN5O5. The van der Waals surface area contributed by atoms with Crippen molar-refractivity contribution in [1.82, 2.24) is 9.80 Å². The van der Waals surface area contributed by atoms with E-state index < -0.39 is 30.0 Å². The van der Waals surface area contributed by atoms with Gasteiger partial charge >= 0.3 is 12.1 Å². The van der Waals surface area contributed by atoms with Crippen molar-refractivity contribution in [2.45, 2.75) is 32.4 Å². The highest BCUT2D eigenvalue weighted by Crippen LogP contribution is 2.29. The van der Waals surface area contributed by atoms with Gasteiger partial charge in [0.25, 0.3) is 0 Å². The van der Waals surface area contributed by atoms with Crippen LogP contribution < -0.4 is 20.7 Å². The molecule has 4 rings (SSSR count). The lowest BCUT2D eigenvalue weighted by molar-refractivity contribution is -0.134. The molecule has 4 N–H and O–H groups in total. The van der Waals surface area contributed by atoms with Gasteiger partial charge < -0.3 is 35.6 Å². The summed E-state index contributed by atoms with van der Waals surface area (Å²) >= 11 is 0. The Bertz CT molecular complexity index is 1390. The number of halogens is 1. The van der Waals surface area contributed by atoms with Gasteiger partial charge in [0.05, 0.1) is 25.6 Å². The fourth-order valence-electron chi connectivity index (χ4n) is 4.65. The van der Waals surface area contributed by atoms with Crippen LogP contribution in [0.3, 0.4) is 0 Å². The van der Waals surface area contributed by atoms with E-state index in [-0.39, 0.29) is 31.4 Å². The molecule has 222 valence electrons. The number of urea groups is 2. The molecule has 3 aromatic rings. The minimum absolute atomic E-state index is 0.00414. The van der Waals surface area contributed by atoms with Gasteiger partial charge in [0.15, 0.2) is 0 Å². The normalized spacial score (nSPS) is 17.5. The molecule has 0 saturated carbocycles. The van der Waals surface area contributed by atoms with Crippen molar-refractivity contribution in [3.8, 4) is 5.75 Å². The Morgan fingerprint density at radius 1 is 1.02 bits per heavy atom. The van der Waals surface area contributed by atoms with Crippen LogP contribution in [0.2, 0.25) is 0 Å². The second-order valence-corrected chi connectivity index (χ2v) is 10.5. The minimum Gasteiger partial charge on any atom is -0.488 e. The lowest BCUT2D eigenvalue weighted by Gasteiger charge is -2.34. The van der Waals surface area contributed by atoms with Crippen LogP contribution in [-0.4, -0.2) is 71.8 Å². The topological polar surface area (TPSA) is 123 Å². The van der Waals surface area contributed by atoms with Crippen molar-refractivity contribution in [3.63, 3.8) is 0 Å². The average molecular weight is 578 g/mol. The van der Waals surface area contributed by atoms with Gasteiger partial charge in [-0.2, -0.15) is 0 Å². The van der Waals surface area contributed by atoms with Crippen molar-refractivity contribution < 1.29 is 28.6 Å². The van der Waals surface area contributed by atoms with Crippen LogP contribution in [0.5, 0.6) is 5.75 Å². The van der Waals surface area contributed by atoms with Gasteiger partial charge in [0.1, 0.15) is 17.7 Å². The second kappa shape index (κ2) is 13.8. The number of amides is 5. The SMILES string of the molecule is C[C@@H]1CN([C@H](C)CO)C(=O)Cc2cc(NC(=O)Nc3ccccc3)ccc2O[C@@H]1CN(C)C(=O)Nc1ccc(F)cc1. The third kappa shape index (κ3) is 7.97. The van der Waals surface area contributed by atoms with E-state index in [4.69, 9.17) is 4.74 Å². The zero-order valence-corrected chi connectivity index (χ0v) is 23.8. The average Bonchev–Trinajstić information content (AvgIpc) is 3.01. The van der Waals surface area contributed by atoms with Crippen LogP contribution in [-0.2, 0) is 11.2 Å². The van der Waals surface area contributed by atoms with Crippen molar-refractivity contribution in [3.05, 3.63) is 84.2 Å². The van der Waals surface area contributed by atoms with E-state index >= 15 is 0 Å². The van der Waals surface area contributed by atoms with E-state index in [1.807, 2.05) is 25.1 Å². The molecular weight excluding hydrogens is 541 g/mol. The largest absolute Gasteiger partial charge is 0.488 e. The fourth-order valence-corrected chi connectivity index (χ4v) is 4.65. The number of carbonyl (C=O) groups excluding carboxylic acids is 3. The van der Waals surface area contributed by atoms with Crippen LogP contribution in [0.25, 0.3) is 0 Å². The summed E-state index contributed by atoms with van der Waals surface area (Å²) in [7, 11) is 1.63. The van der Waals surface area contributed by atoms with E-state index in [0.717, 1.165) is 0 Å². The molecule has 1 aliphatic rings. The van der Waals surface area contributed by atoms with Crippen LogP contribution in [0.15, 0.2) is 72.8 Å². The number of para-hydroxylation sites is 1. The van der Waals surface area contributed by atoms with Gasteiger partial charge in [-0.1, -0.05) is 25.1 Å². The molecule has 3 aromatic carbocycles. The standard InChI is InChI=1S/C31H36FN5O5/c1-20-17-37(21(2)19-38)29(39)16-22-15-26(34-30(40)33-24-7-5-4-6-8-24)13-14-27(22)42-28(20)18-36(3)31(41)35-25-11-9-23(32)10-12-25/h4-15,20-21,28,38H,16-19H2,1-3H3,(H,35,41)(H2,33,34,40)/t20-,21-,28-/m1/s1. The smallest absolute Gasteiger partial charge is 0.323 e. The number of aliphatic hydroxyl groups is 1. The third-order valence-corrected chi connectivity index (χ3v) is 7.10. The summed E-state index contributed by atoms with van der Waals surface area (Å²) in [5, 5.41) is 18.2. The molecule has 0 aromatic heterocycles. The van der Waals surface area contributed by atoms with Crippen LogP contribution >= 0.6 is 0 Å². The summed E-state index contributed by atoms with van der Waals surface area (Å²) in [5.74, 6) is -0.356. The fraction of sp³-hybridized carbons (Fsp3) is 0.323. The lowest BCUT2D eigenvalue weighted by atomic mass is 10.0. The zero-order valence-electron chi connectivity index (χ0n) is 23.8. The summed E-state index contributed by atoms with van der Waals surface area (Å²) in [6, 6.07) is 18.3. The molecule has 1 heterocycles. The third-order valence-electron chi connectivity index (χ3n) is 7.10. The maximum absolute atomic E-state index is 13.4. The minimum atomic E-state index is -0.521. The molecule has 11 heteroatoms. The van der Waals surface area contributed by atoms with Gasteiger partial charge in [0, 0.05) is 42.1 Å². The Labute approximate surface area is 244 Å². The maximum atomic E-state index is 13.4. The lowest BCUT2D eigenvalue weighted by Crippen LogP contribution is -2.48. The number of hydrogen-bond acceptors (Lipinski definition) is 5. The highest BCUT2D eigenvalue weighted by molar-refractivity contribution is 6.00. The Hall–Kier alpha value is -4.64. The molecule has 0 unspecified atom stereocenters. The van der Waals surface area contributed by atoms with Gasteiger partial charge in [-0.3, -0.25) is 4.79 Å². The first-order valence-corrected chi connectivity index (χ1v) is 13.7. The molecule has 0 saturated heterocycles. The first kappa shape index (κ1) is 30.3. The van der Waals surface area contributed by atoms with Gasteiger partial charge in [-0.25, -0.2) is 14.0 Å². The van der Waals surface area contributed by atoms with Crippen molar-refractivity contribution >= 4 is 35.0 Å². The molecule has 5 amide bonds. The molecule has 0 spiro atoms. The molecule has 0 bridgehead atoms. The number of anilines is 3. The van der Waals surface area contributed by atoms with E-state index in [1.165, 1.54) is 29.2 Å². The summed E-state index contributed by atoms with van der Waals surface area (Å²) < 4.78 is 19.7. The number of ether oxygens (including phenoxy) is 1. The number of carbonyl (C=O) groups is 3. The number of nitrogens with zero attached hydrogens (tertiary/aromatic N) is 2. The number of benzene rings is 3. The van der Waals surface area contributed by atoms with Crippen molar-refractivity contribution in [2.75, 3.05) is 42.7 Å². The Kier molecular flexibility index (Phi) is 9.98. The molecule has 0 fully saturated rings. The summed E-state index contributed by atoms with van der Waals surface area (Å²) in [4.78, 5) is 42.0. The summed E-state index contributed by atoms with van der Waals surface area (Å²) in [6.07, 6.45) is -0.525. The molecule has 0 radical (unpaired) electrons. The predicted octanol–water partition coefficient (Wildman–Crippen LogP) is 4.78. The number of fused-ring (bicyclic) bond motifs is 1. The monoisotopic (exact) mass is 577 g/mol. The molecule has 3 atom stereocenters. The van der Waals surface area contributed by atoms with Crippen molar-refractivity contribution in [2.24, 2.45) is 5.92 Å². The van der Waals surface area contributed by atoms with Gasteiger partial charge in [-0.15, -0.1) is 0 Å². The predicted molar refractivity (Wildman–Crippen MR) is 159 cm³/mol. The molecule has 10 nitrogen and oxygen atoms in total. The van der Waals surface area contributed by atoms with Crippen LogP contribution in [0.1, 0.15) is 19.4 Å². The van der Waals surface area contributed by atoms with E-state index in [9.17, 15) is 23.9 Å². The summed E-state index contributed by atoms with van der Waals surface area (Å²) in [6.45, 7) is 3.97. The Morgan fingerprint density at radius 3 is 2.36 bits per heavy atom. The Morgan fingerprint density at radius 2 is 1.67 bits per heavy atom. The maximum Gasteiger partial charge on any atom is 0.323 e. The molecule has 0 aliphatic carbocycles. The molecule has 42 heavy (non-hydrogen) atoms. The number of nitrogens with one attached hydrogen (secondary N) is 3. The molecule has 1 aliphatic heterocycles. The summed E-state index contributed by atoms with van der Waals surface area (Å²) in [5.41, 5.74) is 2.12. The van der Waals surface area contributed by atoms with Crippen molar-refractivity contribution in [1.29, 1.82) is 0 Å². The quantitative estimate of drug-likeness (QED) is 0.322. The highest BCUT2D eigenvalue weighted by Gasteiger charge is 2.32. The van der Waals surface area contributed by atoms with Crippen LogP contribution in [0, 0.1) is 11.7 Å². The first-order valence-electron chi connectivity index (χ1n) is 13.7. The van der Waals surface area contributed by atoms with E-state index in [1.54, 1.807) is 49.2 Å². The number of hydrogen-bond donors (Lipinski definition) is 4. The zero-order chi connectivity index (χ0) is 30.2. The van der Waals surface area contributed by atoms with E-state index in [2.05, 4.69) is 16.0 Å². The Balaban J connectivity index is 1.55.